The second-order valence-electron chi connectivity index (χ2n) is 6.69. The van der Waals surface area contributed by atoms with Crippen molar-refractivity contribution in [2.24, 2.45) is 0 Å². The SMILES string of the molecule is COCOc1cc(OC)c(C(=O)/C=C/c2ccc(F)c(F)c2)c(O)c1CC=C(C)C. The van der Waals surface area contributed by atoms with Crippen molar-refractivity contribution in [1.82, 2.24) is 0 Å². The Balaban J connectivity index is 2.49. The number of rotatable bonds is 9. The number of ether oxygens (including phenoxy) is 3. The molecule has 0 bridgehead atoms. The first-order chi connectivity index (χ1) is 14.3. The van der Waals surface area contributed by atoms with Gasteiger partial charge in [-0.1, -0.05) is 23.8 Å². The normalized spacial score (nSPS) is 10.9. The number of aromatic hydroxyl groups is 1. The average Bonchev–Trinajstić information content (AvgIpc) is 2.71. The molecule has 0 fully saturated rings. The Morgan fingerprint density at radius 2 is 1.83 bits per heavy atom. The van der Waals surface area contributed by atoms with E-state index in [9.17, 15) is 18.7 Å². The summed E-state index contributed by atoms with van der Waals surface area (Å²) in [6.45, 7) is 3.77. The molecule has 30 heavy (non-hydrogen) atoms. The van der Waals surface area contributed by atoms with Crippen LogP contribution >= 0.6 is 0 Å². The molecule has 0 aromatic heterocycles. The highest BCUT2D eigenvalue weighted by atomic mass is 19.2. The number of carbonyl (C=O) groups is 1. The highest BCUT2D eigenvalue weighted by molar-refractivity contribution is 6.11. The maximum Gasteiger partial charge on any atom is 0.193 e. The van der Waals surface area contributed by atoms with E-state index in [-0.39, 0.29) is 23.9 Å². The number of methoxy groups -OCH3 is 2. The molecule has 2 aromatic rings. The van der Waals surface area contributed by atoms with E-state index in [0.717, 1.165) is 23.8 Å². The lowest BCUT2D eigenvalue weighted by molar-refractivity contribution is 0.0502. The number of phenolic OH excluding ortho intramolecular Hbond substituents is 1. The van der Waals surface area contributed by atoms with E-state index in [1.807, 2.05) is 19.9 Å². The number of ketones is 1. The van der Waals surface area contributed by atoms with E-state index in [1.54, 1.807) is 0 Å². The lowest BCUT2D eigenvalue weighted by Crippen LogP contribution is -2.07. The maximum absolute atomic E-state index is 13.4. The van der Waals surface area contributed by atoms with Crippen molar-refractivity contribution in [2.75, 3.05) is 21.0 Å². The minimum Gasteiger partial charge on any atom is -0.507 e. The van der Waals surface area contributed by atoms with Gasteiger partial charge in [0, 0.05) is 18.7 Å². The number of allylic oxidation sites excluding steroid dienone is 3. The zero-order valence-electron chi connectivity index (χ0n) is 17.3. The van der Waals surface area contributed by atoms with E-state index in [2.05, 4.69) is 0 Å². The maximum atomic E-state index is 13.4. The summed E-state index contributed by atoms with van der Waals surface area (Å²) in [5.41, 5.74) is 1.66. The zero-order chi connectivity index (χ0) is 22.3. The first-order valence-electron chi connectivity index (χ1n) is 9.13. The summed E-state index contributed by atoms with van der Waals surface area (Å²) < 4.78 is 42.2. The Kier molecular flexibility index (Phi) is 8.12. The Labute approximate surface area is 174 Å². The van der Waals surface area contributed by atoms with Crippen molar-refractivity contribution < 1.29 is 32.9 Å². The topological polar surface area (TPSA) is 65.0 Å². The van der Waals surface area contributed by atoms with Crippen LogP contribution in [0.4, 0.5) is 8.78 Å². The number of hydrogen-bond acceptors (Lipinski definition) is 5. The third kappa shape index (κ3) is 5.67. The second-order valence-corrected chi connectivity index (χ2v) is 6.69. The minimum atomic E-state index is -1.02. The highest BCUT2D eigenvalue weighted by Crippen LogP contribution is 2.40. The van der Waals surface area contributed by atoms with Crippen LogP contribution in [0.25, 0.3) is 6.08 Å². The van der Waals surface area contributed by atoms with Crippen LogP contribution in [0.2, 0.25) is 0 Å². The van der Waals surface area contributed by atoms with E-state index in [1.165, 1.54) is 32.4 Å². The fraction of sp³-hybridized carbons (Fsp3) is 0.261. The molecule has 0 heterocycles. The number of hydrogen-bond donors (Lipinski definition) is 1. The lowest BCUT2D eigenvalue weighted by Gasteiger charge is -2.17. The number of benzene rings is 2. The summed E-state index contributed by atoms with van der Waals surface area (Å²) in [5.74, 6) is -2.41. The predicted octanol–water partition coefficient (Wildman–Crippen LogP) is 5.07. The summed E-state index contributed by atoms with van der Waals surface area (Å²) in [7, 11) is 2.83. The number of carbonyl (C=O) groups excluding carboxylic acids is 1. The molecule has 1 N–H and O–H groups in total. The molecule has 0 aliphatic rings. The second kappa shape index (κ2) is 10.5. The van der Waals surface area contributed by atoms with Gasteiger partial charge in [0.25, 0.3) is 0 Å². The standard InChI is InChI=1S/C23H24F2O5/c1-14(2)5-8-16-20(30-13-28-3)12-21(29-4)22(23(16)27)19(26)10-7-15-6-9-17(24)18(25)11-15/h5-7,9-12,27H,8,13H2,1-4H3/b10-7+. The summed E-state index contributed by atoms with van der Waals surface area (Å²) in [6, 6.07) is 4.78. The van der Waals surface area contributed by atoms with Crippen LogP contribution in [-0.4, -0.2) is 31.9 Å². The third-order valence-electron chi connectivity index (χ3n) is 4.21. The van der Waals surface area contributed by atoms with E-state index in [0.29, 0.717) is 23.3 Å². The zero-order valence-corrected chi connectivity index (χ0v) is 17.3. The fourth-order valence-corrected chi connectivity index (χ4v) is 2.69. The first kappa shape index (κ1) is 23.1. The molecule has 5 nitrogen and oxygen atoms in total. The summed E-state index contributed by atoms with van der Waals surface area (Å²) >= 11 is 0. The van der Waals surface area contributed by atoms with Crippen LogP contribution in [0.1, 0.15) is 35.3 Å². The molecular formula is C23H24F2O5. The summed E-state index contributed by atoms with van der Waals surface area (Å²) in [6.07, 6.45) is 4.69. The van der Waals surface area contributed by atoms with Gasteiger partial charge in [-0.2, -0.15) is 0 Å². The quantitative estimate of drug-likeness (QED) is 0.267. The Morgan fingerprint density at radius 1 is 1.10 bits per heavy atom. The lowest BCUT2D eigenvalue weighted by atomic mass is 9.99. The third-order valence-corrected chi connectivity index (χ3v) is 4.21. The molecule has 2 rings (SSSR count). The molecule has 0 radical (unpaired) electrons. The average molecular weight is 418 g/mol. The first-order valence-corrected chi connectivity index (χ1v) is 9.13. The van der Waals surface area contributed by atoms with Crippen LogP contribution in [0.5, 0.6) is 17.2 Å². The van der Waals surface area contributed by atoms with Crippen LogP contribution in [0, 0.1) is 11.6 Å². The molecule has 0 unspecified atom stereocenters. The minimum absolute atomic E-state index is 0.0479. The predicted molar refractivity (Wildman–Crippen MR) is 110 cm³/mol. The molecule has 0 aliphatic heterocycles. The van der Waals surface area contributed by atoms with Gasteiger partial charge in [0.2, 0.25) is 0 Å². The van der Waals surface area contributed by atoms with Gasteiger partial charge >= 0.3 is 0 Å². The van der Waals surface area contributed by atoms with Crippen molar-refractivity contribution in [1.29, 1.82) is 0 Å². The molecule has 0 saturated heterocycles. The smallest absolute Gasteiger partial charge is 0.193 e. The van der Waals surface area contributed by atoms with Crippen molar-refractivity contribution in [2.45, 2.75) is 20.3 Å². The van der Waals surface area contributed by atoms with Crippen LogP contribution in [0.15, 0.2) is 42.0 Å². The van der Waals surface area contributed by atoms with E-state index >= 15 is 0 Å². The fourth-order valence-electron chi connectivity index (χ4n) is 2.69. The van der Waals surface area contributed by atoms with E-state index in [4.69, 9.17) is 14.2 Å². The molecule has 2 aromatic carbocycles. The van der Waals surface area contributed by atoms with Gasteiger partial charge in [0.1, 0.15) is 22.8 Å². The van der Waals surface area contributed by atoms with E-state index < -0.39 is 17.4 Å². The van der Waals surface area contributed by atoms with Gasteiger partial charge in [-0.3, -0.25) is 4.79 Å². The molecule has 0 aliphatic carbocycles. The molecule has 0 spiro atoms. The molecule has 0 atom stereocenters. The van der Waals surface area contributed by atoms with Crippen LogP contribution < -0.4 is 9.47 Å². The van der Waals surface area contributed by atoms with Crippen molar-refractivity contribution in [3.8, 4) is 17.2 Å². The molecular weight excluding hydrogens is 394 g/mol. The summed E-state index contributed by atoms with van der Waals surface area (Å²) in [5, 5.41) is 10.8. The number of halogens is 2. The van der Waals surface area contributed by atoms with Crippen molar-refractivity contribution in [3.05, 3.63) is 70.3 Å². The Morgan fingerprint density at radius 3 is 2.43 bits per heavy atom. The summed E-state index contributed by atoms with van der Waals surface area (Å²) in [4.78, 5) is 12.8. The van der Waals surface area contributed by atoms with Gasteiger partial charge in [-0.15, -0.1) is 0 Å². The Hall–Kier alpha value is -3.19. The molecule has 7 heteroatoms. The van der Waals surface area contributed by atoms with Gasteiger partial charge in [0.05, 0.1) is 7.11 Å². The van der Waals surface area contributed by atoms with Gasteiger partial charge in [-0.05, 0) is 44.0 Å². The number of phenols is 1. The van der Waals surface area contributed by atoms with Crippen LogP contribution in [-0.2, 0) is 11.2 Å². The molecule has 160 valence electrons. The monoisotopic (exact) mass is 418 g/mol. The van der Waals surface area contributed by atoms with Gasteiger partial charge in [-0.25, -0.2) is 8.78 Å². The van der Waals surface area contributed by atoms with Crippen molar-refractivity contribution in [3.63, 3.8) is 0 Å². The van der Waals surface area contributed by atoms with Crippen molar-refractivity contribution >= 4 is 11.9 Å². The largest absolute Gasteiger partial charge is 0.507 e. The van der Waals surface area contributed by atoms with Gasteiger partial charge < -0.3 is 19.3 Å². The highest BCUT2D eigenvalue weighted by Gasteiger charge is 2.23. The van der Waals surface area contributed by atoms with Crippen LogP contribution in [0.3, 0.4) is 0 Å². The molecule has 0 amide bonds. The Bertz CT molecular complexity index is 976. The van der Waals surface area contributed by atoms with Gasteiger partial charge in [0.15, 0.2) is 24.2 Å². The molecule has 0 saturated carbocycles.